The first-order chi connectivity index (χ1) is 20.3. The molecule has 11 nitrogen and oxygen atoms in total. The first-order valence-corrected chi connectivity index (χ1v) is 14.3. The van der Waals surface area contributed by atoms with Crippen molar-refractivity contribution in [1.82, 2.24) is 9.55 Å². The molecule has 0 spiro atoms. The smallest absolute Gasteiger partial charge is 0.328 e. The highest BCUT2D eigenvalue weighted by Crippen LogP contribution is 2.31. The molecule has 1 atom stereocenters. The molecule has 1 aliphatic heterocycles. The minimum atomic E-state index is -0.579. The third kappa shape index (κ3) is 7.66. The first kappa shape index (κ1) is 31.4. The highest BCUT2D eigenvalue weighted by atomic mass is 16.2. The average Bonchev–Trinajstić information content (AvgIpc) is 3.55. The van der Waals surface area contributed by atoms with Gasteiger partial charge in [0.05, 0.1) is 5.56 Å². The molecule has 2 aromatic carbocycles. The summed E-state index contributed by atoms with van der Waals surface area (Å²) in [6.45, 7) is 0.960. The van der Waals surface area contributed by atoms with Crippen LogP contribution < -0.4 is 22.3 Å². The number of anilines is 1. The van der Waals surface area contributed by atoms with Gasteiger partial charge in [-0.05, 0) is 80.0 Å². The van der Waals surface area contributed by atoms with E-state index in [1.807, 2.05) is 24.3 Å². The van der Waals surface area contributed by atoms with Gasteiger partial charge < -0.3 is 15.6 Å². The molecule has 4 N–H and O–H groups in total. The number of ketones is 1. The fraction of sp³-hybridized carbons (Fsp3) is 0.406. The van der Waals surface area contributed by atoms with Crippen LogP contribution in [0.5, 0.6) is 0 Å². The molecule has 1 fully saturated rings. The van der Waals surface area contributed by atoms with Crippen molar-refractivity contribution in [1.29, 1.82) is 0 Å². The van der Waals surface area contributed by atoms with E-state index in [1.165, 1.54) is 10.8 Å². The molecular weight excluding hydrogens is 546 g/mol. The van der Waals surface area contributed by atoms with E-state index in [9.17, 15) is 19.2 Å². The monoisotopic (exact) mass is 585 g/mol. The summed E-state index contributed by atoms with van der Waals surface area (Å²) in [6.07, 6.45) is 5.48. The van der Waals surface area contributed by atoms with Gasteiger partial charge in [0.25, 0.3) is 5.56 Å². The van der Waals surface area contributed by atoms with Crippen LogP contribution in [0.3, 0.4) is 0 Å². The maximum Gasteiger partial charge on any atom is 0.328 e. The van der Waals surface area contributed by atoms with Crippen LogP contribution in [-0.4, -0.2) is 40.3 Å². The van der Waals surface area contributed by atoms with Gasteiger partial charge >= 0.3 is 5.69 Å². The maximum absolute atomic E-state index is 13.6. The quantitative estimate of drug-likeness (QED) is 0.326. The van der Waals surface area contributed by atoms with Crippen molar-refractivity contribution in [2.75, 3.05) is 18.5 Å². The number of Topliss-reactive ketones (excluding diaryl/α,β-unsaturated/α-hetero) is 1. The van der Waals surface area contributed by atoms with Gasteiger partial charge in [-0.1, -0.05) is 31.7 Å². The fourth-order valence-electron chi connectivity index (χ4n) is 5.59. The second kappa shape index (κ2) is 14.1. The summed E-state index contributed by atoms with van der Waals surface area (Å²) in [4.78, 5) is 57.5. The summed E-state index contributed by atoms with van der Waals surface area (Å²) >= 11 is 0. The van der Waals surface area contributed by atoms with Crippen LogP contribution in [0, 0.1) is 17.8 Å². The van der Waals surface area contributed by atoms with E-state index in [0.717, 1.165) is 36.8 Å². The zero-order valence-corrected chi connectivity index (χ0v) is 23.6. The van der Waals surface area contributed by atoms with Crippen LogP contribution >= 0.6 is 0 Å². The molecule has 226 valence electrons. The summed E-state index contributed by atoms with van der Waals surface area (Å²) in [5.74, 6) is 0.267. The highest BCUT2D eigenvalue weighted by Gasteiger charge is 2.30. The van der Waals surface area contributed by atoms with Crippen LogP contribution in [-0.2, 0) is 23.1 Å². The van der Waals surface area contributed by atoms with Crippen molar-refractivity contribution in [3.05, 3.63) is 86.7 Å². The zero-order valence-electron chi connectivity index (χ0n) is 23.6. The zero-order chi connectivity index (χ0) is 29.6. The first-order valence-electron chi connectivity index (χ1n) is 14.3. The number of nitrogens with two attached hydrogens (primary N) is 1. The van der Waals surface area contributed by atoms with Crippen LogP contribution in [0.15, 0.2) is 79.5 Å². The summed E-state index contributed by atoms with van der Waals surface area (Å²) in [5.41, 5.74) is 8.19. The number of aliphatic imine (C=N–C) groups is 1. The summed E-state index contributed by atoms with van der Waals surface area (Å²) < 4.78 is 1.31. The van der Waals surface area contributed by atoms with E-state index in [2.05, 4.69) is 25.5 Å². The van der Waals surface area contributed by atoms with Gasteiger partial charge in [0.15, 0.2) is 12.5 Å². The third-order valence-electron chi connectivity index (χ3n) is 8.17. The Morgan fingerprint density at radius 1 is 1.02 bits per heavy atom. The van der Waals surface area contributed by atoms with E-state index in [1.54, 1.807) is 31.3 Å². The molecule has 1 aliphatic carbocycles. The molecule has 2 aliphatic rings. The van der Waals surface area contributed by atoms with Gasteiger partial charge in [-0.3, -0.25) is 19.4 Å². The van der Waals surface area contributed by atoms with Gasteiger partial charge in [0.2, 0.25) is 5.91 Å². The van der Waals surface area contributed by atoms with Crippen molar-refractivity contribution < 1.29 is 9.59 Å². The van der Waals surface area contributed by atoms with Crippen LogP contribution in [0.1, 0.15) is 50.7 Å². The van der Waals surface area contributed by atoms with E-state index in [4.69, 9.17) is 5.73 Å². The Balaban J connectivity index is 0.00000423. The molecule has 0 saturated heterocycles. The Bertz CT molecular complexity index is 1610. The number of hydrogen-bond acceptors (Lipinski definition) is 8. The molecule has 43 heavy (non-hydrogen) atoms. The van der Waals surface area contributed by atoms with Crippen LogP contribution in [0.4, 0.5) is 5.69 Å². The van der Waals surface area contributed by atoms with Crippen LogP contribution in [0.2, 0.25) is 0 Å². The molecule has 0 bridgehead atoms. The predicted molar refractivity (Wildman–Crippen MR) is 167 cm³/mol. The van der Waals surface area contributed by atoms with E-state index >= 15 is 0 Å². The van der Waals surface area contributed by atoms with E-state index in [0.29, 0.717) is 48.2 Å². The number of amides is 1. The second-order valence-electron chi connectivity index (χ2n) is 11.1. The fourth-order valence-corrected chi connectivity index (χ4v) is 5.59. The number of azo groups is 1. The van der Waals surface area contributed by atoms with E-state index in [-0.39, 0.29) is 31.5 Å². The molecule has 2 heterocycles. The number of amidine groups is 1. The lowest BCUT2D eigenvalue weighted by Gasteiger charge is -2.27. The number of H-pyrrole nitrogens is 1. The van der Waals surface area contributed by atoms with Crippen molar-refractivity contribution in [3.8, 4) is 11.1 Å². The molecule has 1 aromatic heterocycles. The molecule has 3 aromatic rings. The Morgan fingerprint density at radius 2 is 1.70 bits per heavy atom. The standard InChI is InChI=1S/C31H35N7O4.CH4/c1-38-17-26(30(41)36-31(38)42)21-6-2-19(3-7-21)14-24(15-27(39)22-8-4-20(16-32)5-9-22)29(40)35-25-12-10-23(11-13-25)28-33-18-34-37-28;/h2-3,6-7,10-13,17,20,22,24H,4-5,8-9,14-16,18,32H2,1H3,(H,35,40)(H,36,41,42);1H4/t20?,22?,24-;/m1./s1. The van der Waals surface area contributed by atoms with Gasteiger partial charge in [0, 0.05) is 42.8 Å². The molecule has 1 amide bonds. The summed E-state index contributed by atoms with van der Waals surface area (Å²) in [7, 11) is 1.57. The number of benzene rings is 2. The number of hydrogen-bond donors (Lipinski definition) is 3. The molecule has 1 saturated carbocycles. The Hall–Kier alpha value is -4.51. The topological polar surface area (TPSA) is 164 Å². The van der Waals surface area contributed by atoms with Crippen molar-refractivity contribution in [2.24, 2.45) is 45.8 Å². The molecule has 0 unspecified atom stereocenters. The average molecular weight is 586 g/mol. The third-order valence-corrected chi connectivity index (χ3v) is 8.17. The lowest BCUT2D eigenvalue weighted by molar-refractivity contribution is -0.129. The number of aryl methyl sites for hydroxylation is 1. The number of rotatable bonds is 10. The normalized spacial score (nSPS) is 18.4. The van der Waals surface area contributed by atoms with Gasteiger partial charge in [-0.15, -0.1) is 5.11 Å². The highest BCUT2D eigenvalue weighted by molar-refractivity contribution is 6.01. The van der Waals surface area contributed by atoms with Gasteiger partial charge in [0.1, 0.15) is 5.78 Å². The molecule has 0 radical (unpaired) electrons. The molecule has 11 heteroatoms. The summed E-state index contributed by atoms with van der Waals surface area (Å²) in [6, 6.07) is 14.5. The van der Waals surface area contributed by atoms with Gasteiger partial charge in [-0.25, -0.2) is 9.79 Å². The minimum Gasteiger partial charge on any atom is -0.330 e. The van der Waals surface area contributed by atoms with Crippen molar-refractivity contribution in [3.63, 3.8) is 0 Å². The number of carbonyl (C=O) groups excluding carboxylic acids is 2. The largest absolute Gasteiger partial charge is 0.330 e. The number of nitrogens with one attached hydrogen (secondary N) is 2. The van der Waals surface area contributed by atoms with E-state index < -0.39 is 17.2 Å². The number of aromatic amines is 1. The Kier molecular flexibility index (Phi) is 10.3. The summed E-state index contributed by atoms with van der Waals surface area (Å²) in [5, 5.41) is 10.9. The molecule has 5 rings (SSSR count). The molecular formula is C32H39N7O4. The maximum atomic E-state index is 13.6. The van der Waals surface area contributed by atoms with Crippen LogP contribution in [0.25, 0.3) is 11.1 Å². The number of aromatic nitrogens is 2. The number of carbonyl (C=O) groups is 2. The van der Waals surface area contributed by atoms with Crippen molar-refractivity contribution >= 4 is 23.2 Å². The Morgan fingerprint density at radius 3 is 2.33 bits per heavy atom. The minimum absolute atomic E-state index is 0. The lowest BCUT2D eigenvalue weighted by atomic mass is 9.77. The van der Waals surface area contributed by atoms with Gasteiger partial charge in [-0.2, -0.15) is 5.11 Å². The Labute approximate surface area is 250 Å². The lowest BCUT2D eigenvalue weighted by Crippen LogP contribution is -2.31. The van der Waals surface area contributed by atoms with Crippen molar-refractivity contribution in [2.45, 2.75) is 46.0 Å². The second-order valence-corrected chi connectivity index (χ2v) is 11.1. The SMILES string of the molecule is C.Cn1cc(-c2ccc(C[C@H](CC(=O)C3CCC(CN)CC3)C(=O)Nc3ccc(C4=NCN=N4)cc3)cc2)c(=O)[nH]c1=O. The number of nitrogens with zero attached hydrogens (tertiary/aromatic N) is 4. The predicted octanol–water partition coefficient (Wildman–Crippen LogP) is 4.07.